The van der Waals surface area contributed by atoms with Crippen molar-refractivity contribution in [3.8, 4) is 0 Å². The van der Waals surface area contributed by atoms with Crippen LogP contribution in [0, 0.1) is 11.8 Å². The quantitative estimate of drug-likeness (QED) is 0.651. The minimum atomic E-state index is -0.474. The number of carbonyl (C=O) groups excluding carboxylic acids is 2. The minimum Gasteiger partial charge on any atom is -0.393 e. The van der Waals surface area contributed by atoms with Gasteiger partial charge in [-0.3, -0.25) is 9.59 Å². The fraction of sp³-hybridized carbons (Fsp3) is 0.769. The lowest BCUT2D eigenvalue weighted by Crippen LogP contribution is -2.42. The summed E-state index contributed by atoms with van der Waals surface area (Å²) in [5.74, 6) is -0.578. The van der Waals surface area contributed by atoms with Crippen LogP contribution in [0.5, 0.6) is 0 Å². The van der Waals surface area contributed by atoms with E-state index < -0.39 is 5.92 Å². The zero-order valence-corrected chi connectivity index (χ0v) is 13.0. The molecule has 5 nitrogen and oxygen atoms in total. The van der Waals surface area contributed by atoms with Crippen molar-refractivity contribution in [1.82, 2.24) is 10.2 Å². The molecule has 0 aromatic heterocycles. The number of nitrogens with two attached hydrogens (primary N) is 1. The number of nitrogens with zero attached hydrogens (tertiary/aromatic N) is 1. The molecule has 0 spiro atoms. The number of carbonyl (C=O) groups is 2. The third kappa shape index (κ3) is 6.00. The number of amides is 2. The van der Waals surface area contributed by atoms with Crippen LogP contribution in [0.25, 0.3) is 0 Å². The Morgan fingerprint density at radius 1 is 1.26 bits per heavy atom. The Morgan fingerprint density at radius 2 is 1.79 bits per heavy atom. The maximum absolute atomic E-state index is 11.9. The fourth-order valence-electron chi connectivity index (χ4n) is 1.90. The van der Waals surface area contributed by atoms with Crippen molar-refractivity contribution in [3.05, 3.63) is 0 Å². The summed E-state index contributed by atoms with van der Waals surface area (Å²) in [6.45, 7) is 9.34. The first kappa shape index (κ1) is 17.8. The molecule has 110 valence electrons. The van der Waals surface area contributed by atoms with Crippen molar-refractivity contribution in [3.63, 3.8) is 0 Å². The van der Waals surface area contributed by atoms with Crippen LogP contribution in [0.4, 0.5) is 0 Å². The van der Waals surface area contributed by atoms with E-state index in [1.54, 1.807) is 4.90 Å². The van der Waals surface area contributed by atoms with Gasteiger partial charge in [0.1, 0.15) is 0 Å². The molecule has 0 aromatic carbocycles. The van der Waals surface area contributed by atoms with E-state index in [9.17, 15) is 9.59 Å². The Morgan fingerprint density at radius 3 is 2.16 bits per heavy atom. The SMILES string of the molecule is CCN(CC)C(=O)CCNC(=O)C(C(N)=S)C(C)C. The molecule has 2 amide bonds. The fourth-order valence-corrected chi connectivity index (χ4v) is 2.28. The average molecular weight is 287 g/mol. The van der Waals surface area contributed by atoms with Gasteiger partial charge in [-0.2, -0.15) is 0 Å². The second-order valence-corrected chi connectivity index (χ2v) is 5.20. The first-order chi connectivity index (χ1) is 8.84. The zero-order valence-electron chi connectivity index (χ0n) is 12.2. The van der Waals surface area contributed by atoms with Gasteiger partial charge in [0.05, 0.1) is 10.9 Å². The Labute approximate surface area is 120 Å². The lowest BCUT2D eigenvalue weighted by atomic mass is 9.95. The van der Waals surface area contributed by atoms with Gasteiger partial charge in [0.2, 0.25) is 11.8 Å². The molecule has 19 heavy (non-hydrogen) atoms. The van der Waals surface area contributed by atoms with Crippen LogP contribution >= 0.6 is 12.2 Å². The highest BCUT2D eigenvalue weighted by Gasteiger charge is 2.24. The van der Waals surface area contributed by atoms with Crippen LogP contribution in [0.3, 0.4) is 0 Å². The van der Waals surface area contributed by atoms with Crippen LogP contribution in [0.15, 0.2) is 0 Å². The Balaban J connectivity index is 4.23. The normalized spacial score (nSPS) is 12.1. The molecule has 0 saturated heterocycles. The summed E-state index contributed by atoms with van der Waals surface area (Å²) in [4.78, 5) is 25.6. The second kappa shape index (κ2) is 8.85. The maximum atomic E-state index is 11.9. The van der Waals surface area contributed by atoms with Crippen LogP contribution in [0.2, 0.25) is 0 Å². The molecule has 0 aliphatic rings. The first-order valence-electron chi connectivity index (χ1n) is 6.69. The largest absolute Gasteiger partial charge is 0.393 e. The number of nitrogens with one attached hydrogen (secondary N) is 1. The Hall–Kier alpha value is -1.17. The Bertz CT molecular complexity index is 328. The highest BCUT2D eigenvalue weighted by Crippen LogP contribution is 2.11. The highest BCUT2D eigenvalue weighted by molar-refractivity contribution is 7.80. The zero-order chi connectivity index (χ0) is 15.0. The van der Waals surface area contributed by atoms with Gasteiger partial charge in [-0.15, -0.1) is 0 Å². The molecule has 0 saturated carbocycles. The van der Waals surface area contributed by atoms with Crippen LogP contribution < -0.4 is 11.1 Å². The van der Waals surface area contributed by atoms with Crippen molar-refractivity contribution < 1.29 is 9.59 Å². The molecule has 0 aliphatic carbocycles. The van der Waals surface area contributed by atoms with E-state index in [-0.39, 0.29) is 22.7 Å². The smallest absolute Gasteiger partial charge is 0.230 e. The van der Waals surface area contributed by atoms with Crippen LogP contribution in [-0.2, 0) is 9.59 Å². The first-order valence-corrected chi connectivity index (χ1v) is 7.10. The van der Waals surface area contributed by atoms with Gasteiger partial charge < -0.3 is 16.0 Å². The molecule has 0 radical (unpaired) electrons. The standard InChI is InChI=1S/C13H25N3O2S/c1-5-16(6-2)10(17)7-8-15-13(18)11(9(3)4)12(14)19/h9,11H,5-8H2,1-4H3,(H2,14,19)(H,15,18). The molecule has 0 aliphatic heterocycles. The molecule has 0 heterocycles. The highest BCUT2D eigenvalue weighted by atomic mass is 32.1. The van der Waals surface area contributed by atoms with Gasteiger partial charge in [-0.05, 0) is 19.8 Å². The monoisotopic (exact) mass is 287 g/mol. The van der Waals surface area contributed by atoms with Crippen molar-refractivity contribution in [2.75, 3.05) is 19.6 Å². The van der Waals surface area contributed by atoms with E-state index >= 15 is 0 Å². The third-order valence-corrected chi connectivity index (χ3v) is 3.26. The van der Waals surface area contributed by atoms with Gasteiger partial charge in [-0.25, -0.2) is 0 Å². The van der Waals surface area contributed by atoms with Crippen LogP contribution in [-0.4, -0.2) is 41.3 Å². The summed E-state index contributed by atoms with van der Waals surface area (Å²) < 4.78 is 0. The molecule has 1 unspecified atom stereocenters. The van der Waals surface area contributed by atoms with Gasteiger partial charge in [0.15, 0.2) is 0 Å². The van der Waals surface area contributed by atoms with Crippen molar-refractivity contribution in [2.24, 2.45) is 17.6 Å². The second-order valence-electron chi connectivity index (χ2n) is 4.73. The topological polar surface area (TPSA) is 75.4 Å². The van der Waals surface area contributed by atoms with E-state index in [1.165, 1.54) is 0 Å². The number of thiocarbonyl (C=S) groups is 1. The predicted molar refractivity (Wildman–Crippen MR) is 80.7 cm³/mol. The average Bonchev–Trinajstić information content (AvgIpc) is 2.29. The van der Waals surface area contributed by atoms with E-state index in [0.717, 1.165) is 0 Å². The van der Waals surface area contributed by atoms with Crippen molar-refractivity contribution in [1.29, 1.82) is 0 Å². The summed E-state index contributed by atoms with van der Waals surface area (Å²) in [6, 6.07) is 0. The van der Waals surface area contributed by atoms with Gasteiger partial charge in [0, 0.05) is 26.1 Å². The number of hydrogen-bond donors (Lipinski definition) is 2. The van der Waals surface area contributed by atoms with Gasteiger partial charge in [0.25, 0.3) is 0 Å². The third-order valence-electron chi connectivity index (χ3n) is 3.01. The lowest BCUT2D eigenvalue weighted by molar-refractivity contribution is -0.130. The summed E-state index contributed by atoms with van der Waals surface area (Å²) in [5, 5.41) is 2.73. The summed E-state index contributed by atoms with van der Waals surface area (Å²) in [7, 11) is 0. The molecule has 0 rings (SSSR count). The van der Waals surface area contributed by atoms with E-state index in [0.29, 0.717) is 26.1 Å². The molecule has 0 fully saturated rings. The molecule has 6 heteroatoms. The molecule has 3 N–H and O–H groups in total. The van der Waals surface area contributed by atoms with E-state index in [2.05, 4.69) is 5.32 Å². The lowest BCUT2D eigenvalue weighted by Gasteiger charge is -2.20. The van der Waals surface area contributed by atoms with Crippen molar-refractivity contribution in [2.45, 2.75) is 34.1 Å². The van der Waals surface area contributed by atoms with E-state index in [1.807, 2.05) is 27.7 Å². The van der Waals surface area contributed by atoms with Crippen molar-refractivity contribution >= 4 is 29.0 Å². The minimum absolute atomic E-state index is 0.0433. The number of hydrogen-bond acceptors (Lipinski definition) is 3. The molecular formula is C13H25N3O2S. The molecular weight excluding hydrogens is 262 g/mol. The summed E-state index contributed by atoms with van der Waals surface area (Å²) in [6.07, 6.45) is 0.301. The summed E-state index contributed by atoms with van der Waals surface area (Å²) in [5.41, 5.74) is 5.56. The predicted octanol–water partition coefficient (Wildman–Crippen LogP) is 0.919. The molecule has 1 atom stereocenters. The van der Waals surface area contributed by atoms with Crippen LogP contribution in [0.1, 0.15) is 34.1 Å². The molecule has 0 aromatic rings. The van der Waals surface area contributed by atoms with E-state index in [4.69, 9.17) is 18.0 Å². The summed E-state index contributed by atoms with van der Waals surface area (Å²) >= 11 is 4.89. The molecule has 0 bridgehead atoms. The van der Waals surface area contributed by atoms with Gasteiger partial charge in [-0.1, -0.05) is 26.1 Å². The number of rotatable bonds is 8. The maximum Gasteiger partial charge on any atom is 0.230 e. The Kier molecular flexibility index (Phi) is 8.30. The van der Waals surface area contributed by atoms with Gasteiger partial charge >= 0.3 is 0 Å².